The number of carbonyl (C=O) groups is 1. The Bertz CT molecular complexity index is 351. The number of methoxy groups -OCH3 is 1. The van der Waals surface area contributed by atoms with Gasteiger partial charge in [0, 0.05) is 31.3 Å². The molecule has 0 saturated heterocycles. The van der Waals surface area contributed by atoms with Crippen molar-refractivity contribution in [1.82, 2.24) is 15.6 Å². The molecule has 1 aromatic heterocycles. The molecular formula is C12H19N3O2. The smallest absolute Gasteiger partial charge is 0.224 e. The lowest BCUT2D eigenvalue weighted by Gasteiger charge is -2.11. The van der Waals surface area contributed by atoms with Crippen LogP contribution in [0.4, 0.5) is 0 Å². The molecule has 0 radical (unpaired) electrons. The van der Waals surface area contributed by atoms with Gasteiger partial charge in [0.05, 0.1) is 7.11 Å². The van der Waals surface area contributed by atoms with Gasteiger partial charge in [-0.25, -0.2) is 4.98 Å². The van der Waals surface area contributed by atoms with Crippen molar-refractivity contribution in [2.75, 3.05) is 20.7 Å². The molecule has 1 rings (SSSR count). The molecule has 0 aromatic carbocycles. The Morgan fingerprint density at radius 1 is 1.53 bits per heavy atom. The van der Waals surface area contributed by atoms with Crippen molar-refractivity contribution < 1.29 is 9.53 Å². The first-order valence-corrected chi connectivity index (χ1v) is 5.58. The number of rotatable bonds is 6. The molecule has 1 atom stereocenters. The molecule has 2 N–H and O–H groups in total. The summed E-state index contributed by atoms with van der Waals surface area (Å²) in [5.41, 5.74) is 0.954. The minimum Gasteiger partial charge on any atom is -0.481 e. The fourth-order valence-corrected chi connectivity index (χ4v) is 1.40. The number of amides is 1. The first-order valence-electron chi connectivity index (χ1n) is 5.58. The molecule has 0 saturated carbocycles. The monoisotopic (exact) mass is 237 g/mol. The Hall–Kier alpha value is -1.62. The average Bonchev–Trinajstić information content (AvgIpc) is 2.36. The predicted molar refractivity (Wildman–Crippen MR) is 65.7 cm³/mol. The van der Waals surface area contributed by atoms with Crippen molar-refractivity contribution in [3.05, 3.63) is 23.9 Å². The number of pyridine rings is 1. The van der Waals surface area contributed by atoms with Crippen molar-refractivity contribution in [1.29, 1.82) is 0 Å². The zero-order chi connectivity index (χ0) is 12.7. The van der Waals surface area contributed by atoms with Gasteiger partial charge in [0.2, 0.25) is 11.8 Å². The Kier molecular flexibility index (Phi) is 5.42. The highest BCUT2D eigenvalue weighted by Crippen LogP contribution is 2.06. The molecule has 1 unspecified atom stereocenters. The van der Waals surface area contributed by atoms with Crippen LogP contribution in [0.5, 0.6) is 5.88 Å². The molecule has 0 aliphatic rings. The number of hydrogen-bond donors (Lipinski definition) is 2. The summed E-state index contributed by atoms with van der Waals surface area (Å²) < 4.78 is 4.96. The maximum atomic E-state index is 11.6. The lowest BCUT2D eigenvalue weighted by molar-refractivity contribution is -0.124. The van der Waals surface area contributed by atoms with E-state index in [1.54, 1.807) is 19.4 Å². The van der Waals surface area contributed by atoms with E-state index >= 15 is 0 Å². The van der Waals surface area contributed by atoms with Crippen LogP contribution in [0.25, 0.3) is 0 Å². The summed E-state index contributed by atoms with van der Waals surface area (Å²) in [4.78, 5) is 15.7. The van der Waals surface area contributed by atoms with E-state index in [0.717, 1.165) is 5.56 Å². The molecule has 0 aliphatic heterocycles. The van der Waals surface area contributed by atoms with Gasteiger partial charge >= 0.3 is 0 Å². The van der Waals surface area contributed by atoms with E-state index in [-0.39, 0.29) is 11.8 Å². The van der Waals surface area contributed by atoms with Crippen molar-refractivity contribution in [2.24, 2.45) is 5.92 Å². The molecule has 1 amide bonds. The van der Waals surface area contributed by atoms with Crippen molar-refractivity contribution in [2.45, 2.75) is 13.5 Å². The van der Waals surface area contributed by atoms with Crippen LogP contribution in [0, 0.1) is 5.92 Å². The summed E-state index contributed by atoms with van der Waals surface area (Å²) >= 11 is 0. The Labute approximate surface area is 102 Å². The normalized spacial score (nSPS) is 11.9. The third-order valence-corrected chi connectivity index (χ3v) is 2.43. The van der Waals surface area contributed by atoms with Crippen LogP contribution in [-0.4, -0.2) is 31.6 Å². The highest BCUT2D eigenvalue weighted by molar-refractivity contribution is 5.78. The van der Waals surface area contributed by atoms with Crippen molar-refractivity contribution >= 4 is 5.91 Å². The Morgan fingerprint density at radius 3 is 2.82 bits per heavy atom. The van der Waals surface area contributed by atoms with E-state index < -0.39 is 0 Å². The summed E-state index contributed by atoms with van der Waals surface area (Å²) in [6.07, 6.45) is 1.70. The molecule has 5 nitrogen and oxygen atoms in total. The van der Waals surface area contributed by atoms with Gasteiger partial charge in [-0.15, -0.1) is 0 Å². The molecule has 1 aromatic rings. The van der Waals surface area contributed by atoms with Crippen LogP contribution in [0.1, 0.15) is 12.5 Å². The minimum atomic E-state index is -0.0359. The van der Waals surface area contributed by atoms with Gasteiger partial charge in [0.25, 0.3) is 0 Å². The van der Waals surface area contributed by atoms with Gasteiger partial charge in [-0.05, 0) is 12.6 Å². The number of nitrogens with zero attached hydrogens (tertiary/aromatic N) is 1. The zero-order valence-electron chi connectivity index (χ0n) is 10.5. The van der Waals surface area contributed by atoms with E-state index in [4.69, 9.17) is 4.74 Å². The van der Waals surface area contributed by atoms with Gasteiger partial charge < -0.3 is 15.4 Å². The molecule has 0 fully saturated rings. The second kappa shape index (κ2) is 6.85. The summed E-state index contributed by atoms with van der Waals surface area (Å²) in [6, 6.07) is 3.66. The number of ether oxygens (including phenoxy) is 1. The molecule has 94 valence electrons. The maximum absolute atomic E-state index is 11.6. The summed E-state index contributed by atoms with van der Waals surface area (Å²) in [5, 5.41) is 5.83. The highest BCUT2D eigenvalue weighted by atomic mass is 16.5. The average molecular weight is 237 g/mol. The van der Waals surface area contributed by atoms with Crippen LogP contribution < -0.4 is 15.4 Å². The van der Waals surface area contributed by atoms with E-state index in [1.165, 1.54) is 0 Å². The third kappa shape index (κ3) is 4.40. The fourth-order valence-electron chi connectivity index (χ4n) is 1.40. The number of nitrogens with one attached hydrogen (secondary N) is 2. The molecule has 5 heteroatoms. The minimum absolute atomic E-state index is 0.0359. The first kappa shape index (κ1) is 13.4. The summed E-state index contributed by atoms with van der Waals surface area (Å²) in [6.45, 7) is 3.05. The van der Waals surface area contributed by atoms with E-state index in [9.17, 15) is 4.79 Å². The van der Waals surface area contributed by atoms with Crippen LogP contribution >= 0.6 is 0 Å². The van der Waals surface area contributed by atoms with Gasteiger partial charge in [-0.2, -0.15) is 0 Å². The summed E-state index contributed by atoms with van der Waals surface area (Å²) in [7, 11) is 3.40. The fraction of sp³-hybridized carbons (Fsp3) is 0.500. The maximum Gasteiger partial charge on any atom is 0.224 e. The van der Waals surface area contributed by atoms with Crippen LogP contribution in [0.15, 0.2) is 18.3 Å². The summed E-state index contributed by atoms with van der Waals surface area (Å²) in [5.74, 6) is 0.574. The van der Waals surface area contributed by atoms with Crippen molar-refractivity contribution in [3.63, 3.8) is 0 Å². The number of aromatic nitrogens is 1. The SMILES string of the molecule is CNCC(C)C(=O)NCc1ccc(OC)nc1. The standard InChI is InChI=1S/C12H19N3O2/c1-9(6-13-2)12(16)15-8-10-4-5-11(17-3)14-7-10/h4-5,7,9,13H,6,8H2,1-3H3,(H,15,16). The Balaban J connectivity index is 2.41. The first-order chi connectivity index (χ1) is 8.17. The lowest BCUT2D eigenvalue weighted by atomic mass is 10.1. The van der Waals surface area contributed by atoms with E-state index in [1.807, 2.05) is 20.0 Å². The largest absolute Gasteiger partial charge is 0.481 e. The Morgan fingerprint density at radius 2 is 2.29 bits per heavy atom. The van der Waals surface area contributed by atoms with E-state index in [2.05, 4.69) is 15.6 Å². The predicted octanol–water partition coefficient (Wildman–Crippen LogP) is 0.562. The molecule has 0 spiro atoms. The van der Waals surface area contributed by atoms with E-state index in [0.29, 0.717) is 19.0 Å². The molecule has 0 aliphatic carbocycles. The topological polar surface area (TPSA) is 63.2 Å². The second-order valence-corrected chi connectivity index (χ2v) is 3.89. The van der Waals surface area contributed by atoms with Gasteiger partial charge in [0.1, 0.15) is 0 Å². The quantitative estimate of drug-likeness (QED) is 0.759. The molecule has 1 heterocycles. The molecule has 0 bridgehead atoms. The van der Waals surface area contributed by atoms with Crippen LogP contribution in [0.2, 0.25) is 0 Å². The highest BCUT2D eigenvalue weighted by Gasteiger charge is 2.10. The second-order valence-electron chi connectivity index (χ2n) is 3.89. The number of carbonyl (C=O) groups excluding carboxylic acids is 1. The van der Waals surface area contributed by atoms with Crippen LogP contribution in [0.3, 0.4) is 0 Å². The lowest BCUT2D eigenvalue weighted by Crippen LogP contribution is -2.33. The zero-order valence-corrected chi connectivity index (χ0v) is 10.5. The molecular weight excluding hydrogens is 218 g/mol. The third-order valence-electron chi connectivity index (χ3n) is 2.43. The van der Waals surface area contributed by atoms with Crippen LogP contribution in [-0.2, 0) is 11.3 Å². The number of hydrogen-bond acceptors (Lipinski definition) is 4. The van der Waals surface area contributed by atoms with Gasteiger partial charge in [0.15, 0.2) is 0 Å². The van der Waals surface area contributed by atoms with Gasteiger partial charge in [-0.1, -0.05) is 13.0 Å². The van der Waals surface area contributed by atoms with Crippen molar-refractivity contribution in [3.8, 4) is 5.88 Å². The molecule has 17 heavy (non-hydrogen) atoms. The van der Waals surface area contributed by atoms with Gasteiger partial charge in [-0.3, -0.25) is 4.79 Å².